The minimum absolute atomic E-state index is 1.32. The van der Waals surface area contributed by atoms with E-state index in [1.807, 2.05) is 182 Å². The molecule has 0 aliphatic rings. The molecule has 10 aromatic carbocycles. The van der Waals surface area contributed by atoms with Crippen LogP contribution in [-0.4, -0.2) is 0 Å². The SMILES string of the molecule is Cc1ccccc1.Cc1ccccc1.Cc1ccccc1.Cc1ccccc1.Cc1ccccc1.Cc1ccccc1.Cc1ccccc1.Cc1ccccc1.Cc1ccccc1.Cc1ccccc1. The van der Waals surface area contributed by atoms with E-state index in [1.54, 1.807) is 0 Å². The van der Waals surface area contributed by atoms with E-state index in [1.165, 1.54) is 55.6 Å². The number of rotatable bonds is 0. The molecule has 0 N–H and O–H groups in total. The molecule has 0 spiro atoms. The van der Waals surface area contributed by atoms with Crippen molar-refractivity contribution in [2.45, 2.75) is 69.2 Å². The third kappa shape index (κ3) is 40.5. The fourth-order valence-corrected chi connectivity index (χ4v) is 5.34. The van der Waals surface area contributed by atoms with Crippen LogP contribution in [0.1, 0.15) is 55.6 Å². The van der Waals surface area contributed by atoms with Gasteiger partial charge in [-0.3, -0.25) is 0 Å². The van der Waals surface area contributed by atoms with Crippen molar-refractivity contribution < 1.29 is 0 Å². The van der Waals surface area contributed by atoms with Crippen LogP contribution in [0.15, 0.2) is 303 Å². The van der Waals surface area contributed by atoms with Crippen molar-refractivity contribution in [2.75, 3.05) is 0 Å². The largest absolute Gasteiger partial charge is 0.0622 e. The first-order valence-electron chi connectivity index (χ1n) is 24.1. The van der Waals surface area contributed by atoms with Crippen molar-refractivity contribution in [3.05, 3.63) is 359 Å². The third-order valence-electron chi connectivity index (χ3n) is 9.40. The average molecular weight is 921 g/mol. The second-order valence-electron chi connectivity index (χ2n) is 16.5. The summed E-state index contributed by atoms with van der Waals surface area (Å²) in [6, 6.07) is 103. The van der Waals surface area contributed by atoms with Crippen LogP contribution in [0.3, 0.4) is 0 Å². The van der Waals surface area contributed by atoms with Crippen molar-refractivity contribution in [3.63, 3.8) is 0 Å². The van der Waals surface area contributed by atoms with E-state index in [2.05, 4.69) is 191 Å². The minimum atomic E-state index is 1.32. The highest BCUT2D eigenvalue weighted by molar-refractivity contribution is 5.17. The Bertz CT molecular complexity index is 1920. The maximum atomic E-state index is 2.08. The van der Waals surface area contributed by atoms with Gasteiger partial charge in [-0.05, 0) is 69.2 Å². The highest BCUT2D eigenvalue weighted by atomic mass is 13.8. The molecule has 0 heterocycles. The molecule has 0 radical (unpaired) electrons. The molecule has 0 atom stereocenters. The van der Waals surface area contributed by atoms with E-state index in [0.29, 0.717) is 0 Å². The van der Waals surface area contributed by atoms with Crippen LogP contribution >= 0.6 is 0 Å². The van der Waals surface area contributed by atoms with Crippen molar-refractivity contribution in [3.8, 4) is 0 Å². The van der Waals surface area contributed by atoms with E-state index in [4.69, 9.17) is 0 Å². The van der Waals surface area contributed by atoms with Gasteiger partial charge in [-0.25, -0.2) is 0 Å². The molecule has 0 fully saturated rings. The van der Waals surface area contributed by atoms with Crippen molar-refractivity contribution in [2.24, 2.45) is 0 Å². The Morgan fingerprint density at radius 3 is 0.186 bits per heavy atom. The molecule has 0 aliphatic carbocycles. The van der Waals surface area contributed by atoms with Crippen molar-refractivity contribution >= 4 is 0 Å². The van der Waals surface area contributed by atoms with Crippen LogP contribution < -0.4 is 0 Å². The van der Waals surface area contributed by atoms with Gasteiger partial charge in [0.15, 0.2) is 0 Å². The first-order chi connectivity index (χ1) is 33.9. The van der Waals surface area contributed by atoms with Crippen molar-refractivity contribution in [1.82, 2.24) is 0 Å². The molecule has 10 rings (SSSR count). The summed E-state index contributed by atoms with van der Waals surface area (Å²) < 4.78 is 0. The molecule has 0 bridgehead atoms. The number of hydrogen-bond acceptors (Lipinski definition) is 0. The third-order valence-corrected chi connectivity index (χ3v) is 9.40. The molecular formula is C70H80. The summed E-state index contributed by atoms with van der Waals surface area (Å²) in [6.45, 7) is 20.8. The van der Waals surface area contributed by atoms with Crippen LogP contribution in [0, 0.1) is 69.2 Å². The van der Waals surface area contributed by atoms with E-state index in [9.17, 15) is 0 Å². The first kappa shape index (κ1) is 60.2. The van der Waals surface area contributed by atoms with Gasteiger partial charge in [0, 0.05) is 0 Å². The second kappa shape index (κ2) is 42.5. The minimum Gasteiger partial charge on any atom is -0.0622 e. The Balaban J connectivity index is 0.000000389. The summed E-state index contributed by atoms with van der Waals surface area (Å²) in [5.74, 6) is 0. The predicted molar refractivity (Wildman–Crippen MR) is 312 cm³/mol. The maximum Gasteiger partial charge on any atom is -0.0398 e. The fourth-order valence-electron chi connectivity index (χ4n) is 5.34. The highest BCUT2D eigenvalue weighted by Gasteiger charge is 1.78. The molecule has 360 valence electrons. The molecule has 0 heteroatoms. The normalized spacial score (nSPS) is 8.71. The van der Waals surface area contributed by atoms with Crippen LogP contribution in [-0.2, 0) is 0 Å². The second-order valence-corrected chi connectivity index (χ2v) is 16.5. The van der Waals surface area contributed by atoms with Gasteiger partial charge in [-0.15, -0.1) is 0 Å². The van der Waals surface area contributed by atoms with Gasteiger partial charge < -0.3 is 0 Å². The van der Waals surface area contributed by atoms with Gasteiger partial charge in [0.2, 0.25) is 0 Å². The van der Waals surface area contributed by atoms with Crippen LogP contribution in [0.25, 0.3) is 0 Å². The van der Waals surface area contributed by atoms with Crippen molar-refractivity contribution in [1.29, 1.82) is 0 Å². The number of hydrogen-bond donors (Lipinski definition) is 0. The Kier molecular flexibility index (Phi) is 36.6. The predicted octanol–water partition coefficient (Wildman–Crippen LogP) is 20.0. The lowest BCUT2D eigenvalue weighted by atomic mass is 10.2. The molecule has 0 unspecified atom stereocenters. The number of aryl methyl sites for hydroxylation is 10. The van der Waals surface area contributed by atoms with Gasteiger partial charge in [0.05, 0.1) is 0 Å². The lowest BCUT2D eigenvalue weighted by Crippen LogP contribution is -1.62. The van der Waals surface area contributed by atoms with Crippen LogP contribution in [0.4, 0.5) is 0 Å². The average Bonchev–Trinajstić information content (AvgIpc) is 3.38. The van der Waals surface area contributed by atoms with Gasteiger partial charge in [-0.2, -0.15) is 0 Å². The number of benzene rings is 10. The Morgan fingerprint density at radius 2 is 0.157 bits per heavy atom. The quantitative estimate of drug-likeness (QED) is 0.142. The van der Waals surface area contributed by atoms with Crippen LogP contribution in [0.5, 0.6) is 0 Å². The lowest BCUT2D eigenvalue weighted by molar-refractivity contribution is 1.48. The zero-order valence-corrected chi connectivity index (χ0v) is 43.9. The van der Waals surface area contributed by atoms with E-state index >= 15 is 0 Å². The molecule has 0 saturated heterocycles. The fraction of sp³-hybridized carbons (Fsp3) is 0.143. The molecule has 0 saturated carbocycles. The Labute approximate surface area is 426 Å². The first-order valence-corrected chi connectivity index (χ1v) is 24.1. The summed E-state index contributed by atoms with van der Waals surface area (Å²) >= 11 is 0. The maximum absolute atomic E-state index is 2.08. The van der Waals surface area contributed by atoms with E-state index in [-0.39, 0.29) is 0 Å². The summed E-state index contributed by atoms with van der Waals surface area (Å²) in [6.07, 6.45) is 0. The Morgan fingerprint density at radius 1 is 0.100 bits per heavy atom. The monoisotopic (exact) mass is 921 g/mol. The van der Waals surface area contributed by atoms with E-state index < -0.39 is 0 Å². The molecule has 0 aromatic heterocycles. The summed E-state index contributed by atoms with van der Waals surface area (Å²) in [5.41, 5.74) is 13.2. The summed E-state index contributed by atoms with van der Waals surface area (Å²) in [5, 5.41) is 0. The van der Waals surface area contributed by atoms with Gasteiger partial charge in [-0.1, -0.05) is 359 Å². The zero-order chi connectivity index (χ0) is 51.1. The smallest absolute Gasteiger partial charge is 0.0398 e. The summed E-state index contributed by atoms with van der Waals surface area (Å²) in [7, 11) is 0. The van der Waals surface area contributed by atoms with Gasteiger partial charge in [0.25, 0.3) is 0 Å². The molecule has 0 aliphatic heterocycles. The highest BCUT2D eigenvalue weighted by Crippen LogP contribution is 1.98. The summed E-state index contributed by atoms with van der Waals surface area (Å²) in [4.78, 5) is 0. The van der Waals surface area contributed by atoms with Crippen LogP contribution in [0.2, 0.25) is 0 Å². The Hall–Kier alpha value is -7.80. The lowest BCUT2D eigenvalue weighted by Gasteiger charge is -1.82. The molecule has 0 amide bonds. The molecule has 0 nitrogen and oxygen atoms in total. The molecule has 70 heavy (non-hydrogen) atoms. The molecule has 10 aromatic rings. The standard InChI is InChI=1S/10C7H8/c10*1-7-5-3-2-4-6-7/h10*2-6H,1H3. The molecular weight excluding hydrogens is 841 g/mol. The van der Waals surface area contributed by atoms with Gasteiger partial charge >= 0.3 is 0 Å². The zero-order valence-electron chi connectivity index (χ0n) is 43.9. The van der Waals surface area contributed by atoms with E-state index in [0.717, 1.165) is 0 Å². The van der Waals surface area contributed by atoms with Gasteiger partial charge in [0.1, 0.15) is 0 Å². The topological polar surface area (TPSA) is 0 Å².